The largest absolute Gasteiger partial charge is 0.385 e. The van der Waals surface area contributed by atoms with Gasteiger partial charge in [-0.15, -0.1) is 0 Å². The molecule has 0 radical (unpaired) electrons. The standard InChI is InChI=1S/C7H9NO3S/c8-7(11)6(10)5(9)4-1-2-12-3-4/h1-3,5-6,9-10H,(H2,8,11). The molecule has 0 spiro atoms. The van der Waals surface area contributed by atoms with Gasteiger partial charge in [-0.1, -0.05) is 0 Å². The smallest absolute Gasteiger partial charge is 0.249 e. The van der Waals surface area contributed by atoms with Crippen molar-refractivity contribution in [2.45, 2.75) is 12.2 Å². The summed E-state index contributed by atoms with van der Waals surface area (Å²) >= 11 is 1.37. The quantitative estimate of drug-likeness (QED) is 0.603. The number of primary amides is 1. The van der Waals surface area contributed by atoms with Gasteiger partial charge in [0.2, 0.25) is 5.91 Å². The summed E-state index contributed by atoms with van der Waals surface area (Å²) in [5.41, 5.74) is 5.30. The van der Waals surface area contributed by atoms with Gasteiger partial charge in [0, 0.05) is 0 Å². The van der Waals surface area contributed by atoms with E-state index in [0.29, 0.717) is 5.56 Å². The molecular weight excluding hydrogens is 178 g/mol. The number of hydrogen-bond acceptors (Lipinski definition) is 4. The lowest BCUT2D eigenvalue weighted by Crippen LogP contribution is -2.33. The van der Waals surface area contributed by atoms with E-state index >= 15 is 0 Å². The molecule has 0 aliphatic rings. The Morgan fingerprint density at radius 3 is 2.67 bits per heavy atom. The monoisotopic (exact) mass is 187 g/mol. The molecule has 0 aromatic carbocycles. The van der Waals surface area contributed by atoms with Crippen molar-refractivity contribution in [3.63, 3.8) is 0 Å². The average Bonchev–Trinajstić information content (AvgIpc) is 2.53. The first-order valence-electron chi connectivity index (χ1n) is 3.30. The van der Waals surface area contributed by atoms with Crippen molar-refractivity contribution in [1.82, 2.24) is 0 Å². The van der Waals surface area contributed by atoms with Crippen LogP contribution < -0.4 is 5.73 Å². The third-order valence-electron chi connectivity index (χ3n) is 1.48. The first-order valence-corrected chi connectivity index (χ1v) is 4.24. The highest BCUT2D eigenvalue weighted by atomic mass is 32.1. The normalized spacial score (nSPS) is 15.5. The Morgan fingerprint density at radius 1 is 1.58 bits per heavy atom. The van der Waals surface area contributed by atoms with Crippen LogP contribution in [0.2, 0.25) is 0 Å². The van der Waals surface area contributed by atoms with Crippen LogP contribution in [0.25, 0.3) is 0 Å². The van der Waals surface area contributed by atoms with Crippen LogP contribution >= 0.6 is 11.3 Å². The van der Waals surface area contributed by atoms with Gasteiger partial charge < -0.3 is 15.9 Å². The second-order valence-electron chi connectivity index (χ2n) is 2.35. The van der Waals surface area contributed by atoms with Gasteiger partial charge in [-0.05, 0) is 22.4 Å². The highest BCUT2D eigenvalue weighted by Crippen LogP contribution is 2.19. The lowest BCUT2D eigenvalue weighted by atomic mass is 10.1. The van der Waals surface area contributed by atoms with E-state index < -0.39 is 18.1 Å². The fraction of sp³-hybridized carbons (Fsp3) is 0.286. The van der Waals surface area contributed by atoms with Gasteiger partial charge >= 0.3 is 0 Å². The molecule has 1 rings (SSSR count). The van der Waals surface area contributed by atoms with E-state index in [0.717, 1.165) is 0 Å². The Hall–Kier alpha value is -0.910. The number of hydrogen-bond donors (Lipinski definition) is 3. The summed E-state index contributed by atoms with van der Waals surface area (Å²) in [4.78, 5) is 10.5. The molecule has 0 saturated heterocycles. The molecule has 4 N–H and O–H groups in total. The van der Waals surface area contributed by atoms with Crippen molar-refractivity contribution in [3.05, 3.63) is 22.4 Å². The van der Waals surface area contributed by atoms with Gasteiger partial charge in [-0.3, -0.25) is 4.79 Å². The van der Waals surface area contributed by atoms with E-state index in [-0.39, 0.29) is 0 Å². The third kappa shape index (κ3) is 1.82. The first kappa shape index (κ1) is 9.18. The van der Waals surface area contributed by atoms with E-state index in [1.54, 1.807) is 16.8 Å². The van der Waals surface area contributed by atoms with Crippen molar-refractivity contribution < 1.29 is 15.0 Å². The zero-order chi connectivity index (χ0) is 9.14. The molecule has 4 nitrogen and oxygen atoms in total. The van der Waals surface area contributed by atoms with Crippen LogP contribution in [0.15, 0.2) is 16.8 Å². The molecule has 1 amide bonds. The van der Waals surface area contributed by atoms with Crippen LogP contribution in [-0.2, 0) is 4.79 Å². The van der Waals surface area contributed by atoms with E-state index in [9.17, 15) is 9.90 Å². The van der Waals surface area contributed by atoms with Crippen molar-refractivity contribution in [2.24, 2.45) is 5.73 Å². The summed E-state index contributed by atoms with van der Waals surface area (Å²) in [6, 6.07) is 1.63. The van der Waals surface area contributed by atoms with Gasteiger partial charge in [0.15, 0.2) is 6.10 Å². The molecule has 1 aromatic rings. The van der Waals surface area contributed by atoms with Crippen LogP contribution in [0, 0.1) is 0 Å². The molecule has 0 aliphatic carbocycles. The highest BCUT2D eigenvalue weighted by Gasteiger charge is 2.23. The molecule has 66 valence electrons. The van der Waals surface area contributed by atoms with Gasteiger partial charge in [-0.25, -0.2) is 0 Å². The van der Waals surface area contributed by atoms with Crippen LogP contribution in [0.5, 0.6) is 0 Å². The summed E-state index contributed by atoms with van der Waals surface area (Å²) in [6.07, 6.45) is -2.74. The predicted octanol–water partition coefficient (Wildman–Crippen LogP) is -0.372. The lowest BCUT2D eigenvalue weighted by Gasteiger charge is -2.12. The Bertz CT molecular complexity index is 260. The molecule has 1 heterocycles. The second kappa shape index (κ2) is 3.66. The molecule has 2 atom stereocenters. The second-order valence-corrected chi connectivity index (χ2v) is 3.13. The molecule has 0 bridgehead atoms. The van der Waals surface area contributed by atoms with E-state index in [2.05, 4.69) is 0 Å². The van der Waals surface area contributed by atoms with Crippen molar-refractivity contribution >= 4 is 17.2 Å². The van der Waals surface area contributed by atoms with E-state index in [4.69, 9.17) is 10.8 Å². The predicted molar refractivity (Wildman–Crippen MR) is 44.5 cm³/mol. The Kier molecular flexibility index (Phi) is 2.80. The number of carbonyl (C=O) groups is 1. The summed E-state index contributed by atoms with van der Waals surface area (Å²) in [5.74, 6) is -0.922. The Morgan fingerprint density at radius 2 is 2.25 bits per heavy atom. The molecule has 1 aromatic heterocycles. The topological polar surface area (TPSA) is 83.6 Å². The Balaban J connectivity index is 2.71. The fourth-order valence-corrected chi connectivity index (χ4v) is 1.47. The SMILES string of the molecule is NC(=O)C(O)C(O)c1ccsc1. The van der Waals surface area contributed by atoms with Gasteiger partial charge in [0.1, 0.15) is 6.10 Å². The average molecular weight is 187 g/mol. The highest BCUT2D eigenvalue weighted by molar-refractivity contribution is 7.07. The number of thiophene rings is 1. The zero-order valence-electron chi connectivity index (χ0n) is 6.18. The maximum atomic E-state index is 10.5. The van der Waals surface area contributed by atoms with Gasteiger partial charge in [0.05, 0.1) is 0 Å². The van der Waals surface area contributed by atoms with Crippen LogP contribution in [0.3, 0.4) is 0 Å². The molecular formula is C7H9NO3S. The van der Waals surface area contributed by atoms with Crippen LogP contribution in [0.1, 0.15) is 11.7 Å². The minimum Gasteiger partial charge on any atom is -0.385 e. The molecule has 12 heavy (non-hydrogen) atoms. The number of aliphatic hydroxyl groups excluding tert-OH is 2. The molecule has 0 fully saturated rings. The fourth-order valence-electron chi connectivity index (χ4n) is 0.781. The van der Waals surface area contributed by atoms with Crippen LogP contribution in [0.4, 0.5) is 0 Å². The van der Waals surface area contributed by atoms with Crippen molar-refractivity contribution in [1.29, 1.82) is 0 Å². The summed E-state index contributed by atoms with van der Waals surface area (Å²) in [5, 5.41) is 21.7. The van der Waals surface area contributed by atoms with Crippen LogP contribution in [-0.4, -0.2) is 22.2 Å². The summed E-state index contributed by atoms with van der Waals surface area (Å²) in [7, 11) is 0. The van der Waals surface area contributed by atoms with Gasteiger partial charge in [-0.2, -0.15) is 11.3 Å². The molecule has 2 unspecified atom stereocenters. The number of amides is 1. The first-order chi connectivity index (χ1) is 5.63. The lowest BCUT2D eigenvalue weighted by molar-refractivity contribution is -0.131. The molecule has 0 aliphatic heterocycles. The van der Waals surface area contributed by atoms with Crippen molar-refractivity contribution in [2.75, 3.05) is 0 Å². The van der Waals surface area contributed by atoms with Gasteiger partial charge in [0.25, 0.3) is 0 Å². The number of aliphatic hydroxyl groups is 2. The molecule has 5 heteroatoms. The minimum atomic E-state index is -1.53. The number of rotatable bonds is 3. The third-order valence-corrected chi connectivity index (χ3v) is 2.18. The summed E-state index contributed by atoms with van der Waals surface area (Å²) in [6.45, 7) is 0. The maximum absolute atomic E-state index is 10.5. The maximum Gasteiger partial charge on any atom is 0.249 e. The van der Waals surface area contributed by atoms with E-state index in [1.807, 2.05) is 0 Å². The number of nitrogens with two attached hydrogens (primary N) is 1. The molecule has 0 saturated carbocycles. The Labute approximate surface area is 73.3 Å². The minimum absolute atomic E-state index is 0.506. The zero-order valence-corrected chi connectivity index (χ0v) is 6.99. The van der Waals surface area contributed by atoms with Crippen molar-refractivity contribution in [3.8, 4) is 0 Å². The number of carbonyl (C=O) groups excluding carboxylic acids is 1. The summed E-state index contributed by atoms with van der Waals surface area (Å²) < 4.78 is 0. The van der Waals surface area contributed by atoms with E-state index in [1.165, 1.54) is 11.3 Å².